The van der Waals surface area contributed by atoms with Gasteiger partial charge in [0.1, 0.15) is 5.69 Å². The molecule has 33 heavy (non-hydrogen) atoms. The van der Waals surface area contributed by atoms with Gasteiger partial charge < -0.3 is 9.80 Å². The average Bonchev–Trinajstić information content (AvgIpc) is 3.26. The van der Waals surface area contributed by atoms with E-state index in [4.69, 9.17) is 0 Å². The Morgan fingerprint density at radius 2 is 1.79 bits per heavy atom. The topological polar surface area (TPSA) is 99.3 Å². The number of aromatic nitrogens is 3. The number of aromatic amines is 1. The number of amides is 2. The number of nitrogens with zero attached hydrogens (tertiary/aromatic N) is 4. The van der Waals surface area contributed by atoms with Crippen molar-refractivity contribution in [1.82, 2.24) is 25.0 Å². The Kier molecular flexibility index (Phi) is 7.14. The molecule has 1 spiro atoms. The highest BCUT2D eigenvalue weighted by Gasteiger charge is 2.42. The Labute approximate surface area is 197 Å². The summed E-state index contributed by atoms with van der Waals surface area (Å²) in [7, 11) is 0. The SMILES string of the molecule is CSc1nnc(CCC(=O)N2CCC3(CCN(C(=O)C#Cc4ccccc4)CC3)C2)c(=O)[nH]1. The molecule has 0 radical (unpaired) electrons. The number of thioether (sulfide) groups is 1. The van der Waals surface area contributed by atoms with Crippen molar-refractivity contribution in [2.75, 3.05) is 32.4 Å². The zero-order chi connectivity index (χ0) is 23.3. The maximum atomic E-state index is 12.8. The van der Waals surface area contributed by atoms with Crippen LogP contribution in [0.25, 0.3) is 0 Å². The van der Waals surface area contributed by atoms with Gasteiger partial charge in [-0.05, 0) is 43.1 Å². The van der Waals surface area contributed by atoms with Crippen LogP contribution in [0, 0.1) is 17.3 Å². The quantitative estimate of drug-likeness (QED) is 0.545. The van der Waals surface area contributed by atoms with E-state index in [1.54, 1.807) is 0 Å². The zero-order valence-electron chi connectivity index (χ0n) is 18.7. The molecule has 2 aromatic rings. The Hall–Kier alpha value is -3.12. The van der Waals surface area contributed by atoms with Crippen LogP contribution in [0.3, 0.4) is 0 Å². The van der Waals surface area contributed by atoms with Gasteiger partial charge in [-0.2, -0.15) is 0 Å². The number of benzene rings is 1. The number of nitrogens with one attached hydrogen (secondary N) is 1. The molecule has 0 bridgehead atoms. The molecule has 172 valence electrons. The Bertz CT molecular complexity index is 1130. The zero-order valence-corrected chi connectivity index (χ0v) is 19.5. The number of likely N-dealkylation sites (tertiary alicyclic amines) is 2. The average molecular weight is 466 g/mol. The molecule has 2 amide bonds. The third kappa shape index (κ3) is 5.63. The number of carbonyl (C=O) groups excluding carboxylic acids is 2. The van der Waals surface area contributed by atoms with Crippen LogP contribution in [0.1, 0.15) is 36.9 Å². The normalized spacial score (nSPS) is 17.0. The van der Waals surface area contributed by atoms with Crippen molar-refractivity contribution < 1.29 is 9.59 Å². The summed E-state index contributed by atoms with van der Waals surface area (Å²) in [5, 5.41) is 8.37. The Morgan fingerprint density at radius 3 is 2.45 bits per heavy atom. The third-order valence-electron chi connectivity index (χ3n) is 6.50. The maximum Gasteiger partial charge on any atom is 0.298 e. The van der Waals surface area contributed by atoms with Crippen molar-refractivity contribution >= 4 is 23.6 Å². The molecule has 2 saturated heterocycles. The summed E-state index contributed by atoms with van der Waals surface area (Å²) in [6.45, 7) is 2.75. The van der Waals surface area contributed by atoms with E-state index in [9.17, 15) is 14.4 Å². The van der Waals surface area contributed by atoms with E-state index >= 15 is 0 Å². The molecule has 1 aromatic heterocycles. The summed E-state index contributed by atoms with van der Waals surface area (Å²) in [5.41, 5.74) is 0.903. The van der Waals surface area contributed by atoms with E-state index < -0.39 is 0 Å². The van der Waals surface area contributed by atoms with Crippen molar-refractivity contribution in [3.05, 3.63) is 51.9 Å². The molecule has 9 heteroatoms. The van der Waals surface area contributed by atoms with E-state index in [-0.39, 0.29) is 35.6 Å². The first-order valence-electron chi connectivity index (χ1n) is 11.1. The van der Waals surface area contributed by atoms with Gasteiger partial charge in [0, 0.05) is 50.5 Å². The molecule has 1 aromatic carbocycles. The molecule has 3 heterocycles. The van der Waals surface area contributed by atoms with Crippen molar-refractivity contribution in [2.24, 2.45) is 5.41 Å². The van der Waals surface area contributed by atoms with Crippen LogP contribution in [0.4, 0.5) is 0 Å². The molecule has 0 aliphatic carbocycles. The molecule has 0 saturated carbocycles. The summed E-state index contributed by atoms with van der Waals surface area (Å²) >= 11 is 1.32. The van der Waals surface area contributed by atoms with Gasteiger partial charge in [0.05, 0.1) is 0 Å². The lowest BCUT2D eigenvalue weighted by molar-refractivity contribution is -0.131. The van der Waals surface area contributed by atoms with Gasteiger partial charge in [-0.1, -0.05) is 35.9 Å². The van der Waals surface area contributed by atoms with Gasteiger partial charge in [-0.15, -0.1) is 10.2 Å². The minimum Gasteiger partial charge on any atom is -0.342 e. The standard InChI is InChI=1S/C24H27N5O3S/c1-33-23-25-22(32)19(26-27-23)8-10-21(31)29-16-13-24(17-29)11-14-28(15-12-24)20(30)9-7-18-5-3-2-4-6-18/h2-6H,8,10-17H2,1H3,(H,25,27,32). The summed E-state index contributed by atoms with van der Waals surface area (Å²) < 4.78 is 0. The molecule has 2 fully saturated rings. The summed E-state index contributed by atoms with van der Waals surface area (Å²) in [4.78, 5) is 43.7. The first-order valence-corrected chi connectivity index (χ1v) is 12.3. The van der Waals surface area contributed by atoms with Crippen LogP contribution >= 0.6 is 11.8 Å². The number of H-pyrrole nitrogens is 1. The van der Waals surface area contributed by atoms with Crippen LogP contribution in [-0.2, 0) is 16.0 Å². The van der Waals surface area contributed by atoms with Gasteiger partial charge in [0.15, 0.2) is 5.16 Å². The molecule has 2 aliphatic rings. The second-order valence-electron chi connectivity index (χ2n) is 8.58. The van der Waals surface area contributed by atoms with Gasteiger partial charge in [0.25, 0.3) is 11.5 Å². The number of hydrogen-bond acceptors (Lipinski definition) is 6. The Balaban J connectivity index is 1.26. The molecular weight excluding hydrogens is 438 g/mol. The molecule has 1 N–H and O–H groups in total. The largest absolute Gasteiger partial charge is 0.342 e. The molecule has 2 aliphatic heterocycles. The van der Waals surface area contributed by atoms with Gasteiger partial charge in [-0.25, -0.2) is 0 Å². The number of carbonyl (C=O) groups is 2. The molecule has 0 unspecified atom stereocenters. The van der Waals surface area contributed by atoms with Crippen molar-refractivity contribution in [3.8, 4) is 11.8 Å². The van der Waals surface area contributed by atoms with Crippen molar-refractivity contribution in [2.45, 2.75) is 37.3 Å². The summed E-state index contributed by atoms with van der Waals surface area (Å²) in [6, 6.07) is 9.50. The fourth-order valence-electron chi connectivity index (χ4n) is 4.45. The number of hydrogen-bond donors (Lipinski definition) is 1. The van der Waals surface area contributed by atoms with E-state index in [0.717, 1.165) is 24.8 Å². The highest BCUT2D eigenvalue weighted by atomic mass is 32.2. The smallest absolute Gasteiger partial charge is 0.298 e. The van der Waals surface area contributed by atoms with Crippen LogP contribution in [0.5, 0.6) is 0 Å². The first-order chi connectivity index (χ1) is 16.0. The number of piperidine rings is 1. The predicted octanol–water partition coefficient (Wildman–Crippen LogP) is 1.71. The molecule has 8 nitrogen and oxygen atoms in total. The van der Waals surface area contributed by atoms with Crippen LogP contribution < -0.4 is 5.56 Å². The first kappa shape index (κ1) is 23.1. The lowest BCUT2D eigenvalue weighted by atomic mass is 9.78. The fraction of sp³-hybridized carbons (Fsp3) is 0.458. The fourth-order valence-corrected chi connectivity index (χ4v) is 4.77. The maximum absolute atomic E-state index is 12.8. The predicted molar refractivity (Wildman–Crippen MR) is 126 cm³/mol. The Morgan fingerprint density at radius 1 is 1.09 bits per heavy atom. The minimum atomic E-state index is -0.285. The second-order valence-corrected chi connectivity index (χ2v) is 9.38. The van der Waals surface area contributed by atoms with E-state index in [1.165, 1.54) is 11.8 Å². The summed E-state index contributed by atoms with van der Waals surface area (Å²) in [6.07, 6.45) is 5.02. The number of rotatable bonds is 4. The third-order valence-corrected chi connectivity index (χ3v) is 7.07. The highest BCUT2D eigenvalue weighted by Crippen LogP contribution is 2.40. The van der Waals surface area contributed by atoms with Gasteiger partial charge in [0.2, 0.25) is 5.91 Å². The van der Waals surface area contributed by atoms with Crippen LogP contribution in [0.2, 0.25) is 0 Å². The van der Waals surface area contributed by atoms with Gasteiger partial charge >= 0.3 is 0 Å². The van der Waals surface area contributed by atoms with E-state index in [0.29, 0.717) is 37.0 Å². The lowest BCUT2D eigenvalue weighted by Crippen LogP contribution is -2.44. The lowest BCUT2D eigenvalue weighted by Gasteiger charge is -2.38. The van der Waals surface area contributed by atoms with Crippen molar-refractivity contribution in [1.29, 1.82) is 0 Å². The van der Waals surface area contributed by atoms with E-state index in [2.05, 4.69) is 27.0 Å². The molecule has 0 atom stereocenters. The van der Waals surface area contributed by atoms with Crippen molar-refractivity contribution in [3.63, 3.8) is 0 Å². The van der Waals surface area contributed by atoms with Crippen LogP contribution in [0.15, 0.2) is 40.3 Å². The monoisotopic (exact) mass is 465 g/mol. The highest BCUT2D eigenvalue weighted by molar-refractivity contribution is 7.98. The molecular formula is C24H27N5O3S. The minimum absolute atomic E-state index is 0.0363. The van der Waals surface area contributed by atoms with E-state index in [1.807, 2.05) is 46.4 Å². The second kappa shape index (κ2) is 10.2. The number of aryl methyl sites for hydroxylation is 1. The molecule has 4 rings (SSSR count). The summed E-state index contributed by atoms with van der Waals surface area (Å²) in [5.74, 6) is 5.58. The van der Waals surface area contributed by atoms with Gasteiger partial charge in [-0.3, -0.25) is 19.4 Å². The van der Waals surface area contributed by atoms with Crippen LogP contribution in [-0.4, -0.2) is 69.2 Å².